The van der Waals surface area contributed by atoms with Crippen molar-refractivity contribution in [2.45, 2.75) is 37.5 Å². The third kappa shape index (κ3) is 7.73. The Labute approximate surface area is 213 Å². The Hall–Kier alpha value is -2.53. The van der Waals surface area contributed by atoms with Crippen LogP contribution in [-0.4, -0.2) is 68.5 Å². The maximum absolute atomic E-state index is 12.9. The van der Waals surface area contributed by atoms with Crippen LogP contribution >= 0.6 is 12.2 Å². The summed E-state index contributed by atoms with van der Waals surface area (Å²) in [5, 5.41) is 5.72. The van der Waals surface area contributed by atoms with Crippen molar-refractivity contribution in [3.63, 3.8) is 0 Å². The maximum atomic E-state index is 12.9. The van der Waals surface area contributed by atoms with E-state index in [-0.39, 0.29) is 15.9 Å². The van der Waals surface area contributed by atoms with Gasteiger partial charge in [-0.3, -0.25) is 10.1 Å². The van der Waals surface area contributed by atoms with Gasteiger partial charge in [0.25, 0.3) is 5.91 Å². The van der Waals surface area contributed by atoms with E-state index in [0.717, 1.165) is 25.7 Å². The molecule has 1 saturated heterocycles. The molecule has 1 fully saturated rings. The van der Waals surface area contributed by atoms with Crippen molar-refractivity contribution in [3.8, 4) is 5.75 Å². The van der Waals surface area contributed by atoms with Crippen molar-refractivity contribution in [1.29, 1.82) is 0 Å². The minimum absolute atomic E-state index is 0.113. The number of hydrogen-bond donors (Lipinski definition) is 2. The monoisotopic (exact) mass is 518 g/mol. The molecule has 0 spiro atoms. The molecule has 8 nitrogen and oxygen atoms in total. The fourth-order valence-corrected chi connectivity index (χ4v) is 5.34. The van der Waals surface area contributed by atoms with Crippen LogP contribution in [-0.2, 0) is 10.0 Å². The molecule has 10 heteroatoms. The van der Waals surface area contributed by atoms with Gasteiger partial charge >= 0.3 is 0 Å². The highest BCUT2D eigenvalue weighted by atomic mass is 32.2. The van der Waals surface area contributed by atoms with Gasteiger partial charge in [-0.1, -0.05) is 38.3 Å². The molecule has 1 heterocycles. The summed E-state index contributed by atoms with van der Waals surface area (Å²) in [4.78, 5) is 15.1. The first-order valence-corrected chi connectivity index (χ1v) is 13.8. The van der Waals surface area contributed by atoms with Crippen molar-refractivity contribution >= 4 is 38.9 Å². The SMILES string of the molecule is CCCCCCOc1ccccc1C(=O)NC(=S)Nc1ccc(S(=O)(=O)N2CCN(C)CC2)cc1. The van der Waals surface area contributed by atoms with Crippen LogP contribution in [0.1, 0.15) is 43.0 Å². The number of carbonyl (C=O) groups is 1. The smallest absolute Gasteiger partial charge is 0.261 e. The van der Waals surface area contributed by atoms with Crippen molar-refractivity contribution < 1.29 is 17.9 Å². The molecule has 0 radical (unpaired) electrons. The van der Waals surface area contributed by atoms with Gasteiger partial charge in [0.05, 0.1) is 17.1 Å². The molecule has 0 unspecified atom stereocenters. The second kappa shape index (κ2) is 13.0. The molecule has 0 saturated carbocycles. The number of thiocarbonyl (C=S) groups is 1. The Morgan fingerprint density at radius 1 is 1.00 bits per heavy atom. The Bertz CT molecular complexity index is 1100. The molecule has 190 valence electrons. The number of likely N-dealkylation sites (N-methyl/N-ethyl adjacent to an activating group) is 1. The predicted octanol–water partition coefficient (Wildman–Crippen LogP) is 3.71. The van der Waals surface area contributed by atoms with Crippen molar-refractivity contribution in [2.24, 2.45) is 0 Å². The number of amides is 1. The summed E-state index contributed by atoms with van der Waals surface area (Å²) in [5.41, 5.74) is 0.980. The quantitative estimate of drug-likeness (QED) is 0.366. The predicted molar refractivity (Wildman–Crippen MR) is 142 cm³/mol. The van der Waals surface area contributed by atoms with Crippen LogP contribution in [0.4, 0.5) is 5.69 Å². The highest BCUT2D eigenvalue weighted by Gasteiger charge is 2.27. The van der Waals surface area contributed by atoms with Crippen molar-refractivity contribution in [2.75, 3.05) is 45.2 Å². The molecule has 3 rings (SSSR count). The number of unbranched alkanes of at least 4 members (excludes halogenated alkanes) is 3. The van der Waals surface area contributed by atoms with Gasteiger partial charge in [0.15, 0.2) is 5.11 Å². The van der Waals surface area contributed by atoms with E-state index in [0.29, 0.717) is 49.8 Å². The number of hydrogen-bond acceptors (Lipinski definition) is 6. The van der Waals surface area contributed by atoms with Crippen LogP contribution in [0, 0.1) is 0 Å². The average Bonchev–Trinajstić information content (AvgIpc) is 2.84. The number of benzene rings is 2. The third-order valence-corrected chi connectivity index (χ3v) is 7.94. The van der Waals surface area contributed by atoms with Gasteiger partial charge in [0.2, 0.25) is 10.0 Å². The summed E-state index contributed by atoms with van der Waals surface area (Å²) in [6.45, 7) is 5.07. The van der Waals surface area contributed by atoms with Crippen LogP contribution in [0.2, 0.25) is 0 Å². The number of nitrogens with one attached hydrogen (secondary N) is 2. The maximum Gasteiger partial charge on any atom is 0.261 e. The number of nitrogens with zero attached hydrogens (tertiary/aromatic N) is 2. The summed E-state index contributed by atoms with van der Waals surface area (Å²) in [7, 11) is -1.56. The van der Waals surface area contributed by atoms with E-state index in [9.17, 15) is 13.2 Å². The molecule has 0 aliphatic carbocycles. The minimum Gasteiger partial charge on any atom is -0.493 e. The van der Waals surface area contributed by atoms with Crippen LogP contribution in [0.15, 0.2) is 53.4 Å². The number of ether oxygens (including phenoxy) is 1. The molecule has 0 aromatic heterocycles. The van der Waals surface area contributed by atoms with Crippen LogP contribution in [0.5, 0.6) is 5.75 Å². The van der Waals surface area contributed by atoms with Crippen LogP contribution < -0.4 is 15.4 Å². The number of sulfonamides is 1. The first-order chi connectivity index (χ1) is 16.8. The van der Waals surface area contributed by atoms with Crippen molar-refractivity contribution in [1.82, 2.24) is 14.5 Å². The first-order valence-electron chi connectivity index (χ1n) is 11.9. The molecule has 2 aromatic rings. The molecular formula is C25H34N4O4S2. The lowest BCUT2D eigenvalue weighted by atomic mass is 10.2. The van der Waals surface area contributed by atoms with Gasteiger partial charge in [-0.25, -0.2) is 8.42 Å². The number of anilines is 1. The number of para-hydroxylation sites is 1. The summed E-state index contributed by atoms with van der Waals surface area (Å²) < 4.78 is 33.1. The van der Waals surface area contributed by atoms with E-state index in [4.69, 9.17) is 17.0 Å². The van der Waals surface area contributed by atoms with E-state index in [1.54, 1.807) is 42.5 Å². The summed E-state index contributed by atoms with van der Waals surface area (Å²) in [5.74, 6) is 0.142. The van der Waals surface area contributed by atoms with E-state index in [2.05, 4.69) is 22.5 Å². The lowest BCUT2D eigenvalue weighted by Gasteiger charge is -2.31. The topological polar surface area (TPSA) is 91.0 Å². The van der Waals surface area contributed by atoms with Crippen LogP contribution in [0.3, 0.4) is 0 Å². The van der Waals surface area contributed by atoms with Gasteiger partial charge < -0.3 is 15.0 Å². The lowest BCUT2D eigenvalue weighted by Crippen LogP contribution is -2.46. The van der Waals surface area contributed by atoms with Gasteiger partial charge in [-0.05, 0) is 62.1 Å². The zero-order valence-corrected chi connectivity index (χ0v) is 22.0. The average molecular weight is 519 g/mol. The highest BCUT2D eigenvalue weighted by Crippen LogP contribution is 2.21. The van der Waals surface area contributed by atoms with Crippen LogP contribution in [0.25, 0.3) is 0 Å². The Balaban J connectivity index is 1.56. The van der Waals surface area contributed by atoms with Gasteiger partial charge in [-0.15, -0.1) is 0 Å². The Morgan fingerprint density at radius 2 is 1.69 bits per heavy atom. The van der Waals surface area contributed by atoms with Crippen molar-refractivity contribution in [3.05, 3.63) is 54.1 Å². The first kappa shape index (κ1) is 27.1. The van der Waals surface area contributed by atoms with Gasteiger partial charge in [-0.2, -0.15) is 4.31 Å². The Kier molecular flexibility index (Phi) is 10.0. The second-order valence-electron chi connectivity index (χ2n) is 8.55. The molecule has 1 aliphatic rings. The second-order valence-corrected chi connectivity index (χ2v) is 10.9. The molecule has 0 atom stereocenters. The molecule has 35 heavy (non-hydrogen) atoms. The molecule has 2 N–H and O–H groups in total. The van der Waals surface area contributed by atoms with Gasteiger partial charge in [0.1, 0.15) is 5.75 Å². The normalized spacial score (nSPS) is 14.9. The Morgan fingerprint density at radius 3 is 2.37 bits per heavy atom. The number of carbonyl (C=O) groups excluding carboxylic acids is 1. The standard InChI is InChI=1S/C25H34N4O4S2/c1-3-4-5-8-19-33-23-10-7-6-9-22(23)24(30)27-25(34)26-20-11-13-21(14-12-20)35(31,32)29-17-15-28(2)16-18-29/h6-7,9-14H,3-5,8,15-19H2,1-2H3,(H2,26,27,30,34). The summed E-state index contributed by atoms with van der Waals surface area (Å²) in [6, 6.07) is 13.4. The zero-order chi connectivity index (χ0) is 25.3. The van der Waals surface area contributed by atoms with E-state index in [1.165, 1.54) is 4.31 Å². The molecule has 1 aliphatic heterocycles. The van der Waals surface area contributed by atoms with Gasteiger partial charge in [0, 0.05) is 31.9 Å². The lowest BCUT2D eigenvalue weighted by molar-refractivity contribution is 0.0973. The van der Waals surface area contributed by atoms with E-state index in [1.807, 2.05) is 13.1 Å². The van der Waals surface area contributed by atoms with E-state index < -0.39 is 10.0 Å². The molecule has 2 aromatic carbocycles. The number of piperazine rings is 1. The highest BCUT2D eigenvalue weighted by molar-refractivity contribution is 7.89. The summed E-state index contributed by atoms with van der Waals surface area (Å²) >= 11 is 5.30. The minimum atomic E-state index is -3.54. The van der Waals surface area contributed by atoms with E-state index >= 15 is 0 Å². The molecular weight excluding hydrogens is 484 g/mol. The zero-order valence-electron chi connectivity index (χ0n) is 20.3. The largest absolute Gasteiger partial charge is 0.493 e. The molecule has 1 amide bonds. The molecule has 0 bridgehead atoms. The fraction of sp³-hybridized carbons (Fsp3) is 0.440. The third-order valence-electron chi connectivity index (χ3n) is 5.83. The fourth-order valence-electron chi connectivity index (χ4n) is 3.71. The number of rotatable bonds is 10. The summed E-state index contributed by atoms with van der Waals surface area (Å²) in [6.07, 6.45) is 4.34.